The third kappa shape index (κ3) is 3.29. The van der Waals surface area contributed by atoms with Gasteiger partial charge in [0.05, 0.1) is 29.8 Å². The molecule has 0 spiro atoms. The number of carbonyl (C=O) groups is 1. The van der Waals surface area contributed by atoms with Crippen LogP contribution >= 0.6 is 0 Å². The zero-order chi connectivity index (χ0) is 15.5. The monoisotopic (exact) mass is 309 g/mol. The van der Waals surface area contributed by atoms with Crippen molar-refractivity contribution in [3.8, 4) is 0 Å². The first-order valence-electron chi connectivity index (χ1n) is 6.09. The number of carbonyl (C=O) groups excluding carboxylic acids is 1. The van der Waals surface area contributed by atoms with E-state index in [1.165, 1.54) is 19.2 Å². The largest absolute Gasteiger partial charge is 0.465 e. The summed E-state index contributed by atoms with van der Waals surface area (Å²) < 4.78 is 33.3. The van der Waals surface area contributed by atoms with Gasteiger partial charge in [0.15, 0.2) is 0 Å². The van der Waals surface area contributed by atoms with Gasteiger partial charge in [-0.2, -0.15) is 5.10 Å². The summed E-state index contributed by atoms with van der Waals surface area (Å²) in [4.78, 5) is 11.5. The van der Waals surface area contributed by atoms with Gasteiger partial charge in [0.1, 0.15) is 0 Å². The fourth-order valence-electron chi connectivity index (χ4n) is 1.80. The SMILES string of the molecule is COC(=O)c1ccccc1S(=O)(=O)NCc1ccnn1C. The number of ether oxygens (including phenoxy) is 1. The van der Waals surface area contributed by atoms with Crippen molar-refractivity contribution in [3.05, 3.63) is 47.8 Å². The zero-order valence-corrected chi connectivity index (χ0v) is 12.4. The number of hydrogen-bond donors (Lipinski definition) is 1. The molecule has 1 aromatic carbocycles. The summed E-state index contributed by atoms with van der Waals surface area (Å²) >= 11 is 0. The Balaban J connectivity index is 2.28. The molecular formula is C13H15N3O4S. The maximum absolute atomic E-state index is 12.3. The molecule has 112 valence electrons. The molecule has 21 heavy (non-hydrogen) atoms. The molecule has 8 heteroatoms. The molecule has 0 bridgehead atoms. The average Bonchev–Trinajstić information content (AvgIpc) is 2.90. The van der Waals surface area contributed by atoms with E-state index in [9.17, 15) is 13.2 Å². The highest BCUT2D eigenvalue weighted by Crippen LogP contribution is 2.16. The van der Waals surface area contributed by atoms with Gasteiger partial charge in [-0.15, -0.1) is 0 Å². The summed E-state index contributed by atoms with van der Waals surface area (Å²) in [5.41, 5.74) is 0.701. The maximum atomic E-state index is 12.3. The number of rotatable bonds is 5. The normalized spacial score (nSPS) is 11.3. The van der Waals surface area contributed by atoms with Crippen LogP contribution in [0.5, 0.6) is 0 Å². The number of nitrogens with zero attached hydrogens (tertiary/aromatic N) is 2. The third-order valence-electron chi connectivity index (χ3n) is 2.95. The molecule has 0 unspecified atom stereocenters. The van der Waals surface area contributed by atoms with Crippen molar-refractivity contribution in [1.82, 2.24) is 14.5 Å². The number of aromatic nitrogens is 2. The van der Waals surface area contributed by atoms with Crippen LogP contribution in [0.2, 0.25) is 0 Å². The van der Waals surface area contributed by atoms with Crippen molar-refractivity contribution < 1.29 is 17.9 Å². The van der Waals surface area contributed by atoms with Crippen LogP contribution in [0, 0.1) is 0 Å². The first kappa shape index (κ1) is 15.2. The van der Waals surface area contributed by atoms with Crippen molar-refractivity contribution in [1.29, 1.82) is 0 Å². The molecule has 0 aliphatic rings. The highest BCUT2D eigenvalue weighted by atomic mass is 32.2. The second-order valence-corrected chi connectivity index (χ2v) is 5.99. The summed E-state index contributed by atoms with van der Waals surface area (Å²) in [6.45, 7) is 0.0777. The van der Waals surface area contributed by atoms with E-state index in [0.29, 0.717) is 5.69 Å². The van der Waals surface area contributed by atoms with Crippen LogP contribution in [0.3, 0.4) is 0 Å². The minimum Gasteiger partial charge on any atom is -0.465 e. The summed E-state index contributed by atoms with van der Waals surface area (Å²) in [6, 6.07) is 7.59. The van der Waals surface area contributed by atoms with Gasteiger partial charge in [-0.25, -0.2) is 17.9 Å². The standard InChI is InChI=1S/C13H15N3O4S/c1-16-10(7-8-14-16)9-15-21(18,19)12-6-4-3-5-11(12)13(17)20-2/h3-8,15H,9H2,1-2H3. The molecular weight excluding hydrogens is 294 g/mol. The number of benzene rings is 1. The number of hydrogen-bond acceptors (Lipinski definition) is 5. The minimum absolute atomic E-state index is 0.00231. The molecule has 1 aromatic heterocycles. The van der Waals surface area contributed by atoms with Gasteiger partial charge in [0.25, 0.3) is 0 Å². The van der Waals surface area contributed by atoms with Crippen molar-refractivity contribution in [2.75, 3.05) is 7.11 Å². The number of esters is 1. The van der Waals surface area contributed by atoms with Crippen LogP contribution in [-0.2, 0) is 28.4 Å². The van der Waals surface area contributed by atoms with Crippen molar-refractivity contribution in [2.45, 2.75) is 11.4 Å². The Morgan fingerprint density at radius 3 is 2.67 bits per heavy atom. The van der Waals surface area contributed by atoms with E-state index in [4.69, 9.17) is 0 Å². The van der Waals surface area contributed by atoms with Crippen LogP contribution in [0.15, 0.2) is 41.4 Å². The molecule has 0 saturated carbocycles. The summed E-state index contributed by atoms with van der Waals surface area (Å²) in [6.07, 6.45) is 1.58. The average molecular weight is 309 g/mol. The Labute approximate surface area is 122 Å². The number of methoxy groups -OCH3 is 1. The lowest BCUT2D eigenvalue weighted by Crippen LogP contribution is -2.26. The first-order chi connectivity index (χ1) is 9.95. The topological polar surface area (TPSA) is 90.3 Å². The quantitative estimate of drug-likeness (QED) is 0.821. The molecule has 0 amide bonds. The van der Waals surface area contributed by atoms with Crippen LogP contribution < -0.4 is 4.72 Å². The van der Waals surface area contributed by atoms with Gasteiger partial charge in [0, 0.05) is 13.2 Å². The number of sulfonamides is 1. The number of nitrogens with one attached hydrogen (secondary N) is 1. The Kier molecular flexibility index (Phi) is 4.39. The summed E-state index contributed by atoms with van der Waals surface area (Å²) in [7, 11) is -0.913. The predicted octanol–water partition coefficient (Wildman–Crippen LogP) is 0.685. The third-order valence-corrected chi connectivity index (χ3v) is 4.41. The van der Waals surface area contributed by atoms with E-state index in [1.807, 2.05) is 0 Å². The van der Waals surface area contributed by atoms with Gasteiger partial charge >= 0.3 is 5.97 Å². The summed E-state index contributed by atoms with van der Waals surface area (Å²) in [5.74, 6) is -0.698. The summed E-state index contributed by atoms with van der Waals surface area (Å²) in [5, 5.41) is 3.96. The van der Waals surface area contributed by atoms with Gasteiger partial charge in [0.2, 0.25) is 10.0 Å². The van der Waals surface area contributed by atoms with Gasteiger partial charge in [-0.1, -0.05) is 12.1 Å². The molecule has 1 N–H and O–H groups in total. The fourth-order valence-corrected chi connectivity index (χ4v) is 2.99. The Morgan fingerprint density at radius 2 is 2.05 bits per heavy atom. The lowest BCUT2D eigenvalue weighted by atomic mass is 10.2. The van der Waals surface area contributed by atoms with E-state index >= 15 is 0 Å². The van der Waals surface area contributed by atoms with Crippen LogP contribution in [0.4, 0.5) is 0 Å². The first-order valence-corrected chi connectivity index (χ1v) is 7.58. The molecule has 1 heterocycles. The van der Waals surface area contributed by atoms with Crippen LogP contribution in [0.25, 0.3) is 0 Å². The van der Waals surface area contributed by atoms with E-state index < -0.39 is 16.0 Å². The fraction of sp³-hybridized carbons (Fsp3) is 0.231. The van der Waals surface area contributed by atoms with E-state index in [0.717, 1.165) is 0 Å². The second kappa shape index (κ2) is 6.06. The maximum Gasteiger partial charge on any atom is 0.339 e. The minimum atomic E-state index is -3.83. The van der Waals surface area contributed by atoms with E-state index in [-0.39, 0.29) is 17.0 Å². The lowest BCUT2D eigenvalue weighted by Gasteiger charge is -2.10. The van der Waals surface area contributed by atoms with E-state index in [2.05, 4.69) is 14.6 Å². The van der Waals surface area contributed by atoms with E-state index in [1.54, 1.807) is 36.1 Å². The van der Waals surface area contributed by atoms with Gasteiger partial charge in [-0.3, -0.25) is 4.68 Å². The van der Waals surface area contributed by atoms with Crippen molar-refractivity contribution in [2.24, 2.45) is 7.05 Å². The molecule has 0 atom stereocenters. The molecule has 0 saturated heterocycles. The molecule has 7 nitrogen and oxygen atoms in total. The Morgan fingerprint density at radius 1 is 1.33 bits per heavy atom. The second-order valence-electron chi connectivity index (χ2n) is 4.26. The van der Waals surface area contributed by atoms with Crippen molar-refractivity contribution in [3.63, 3.8) is 0 Å². The Hall–Kier alpha value is -2.19. The molecule has 0 aliphatic heterocycles. The lowest BCUT2D eigenvalue weighted by molar-refractivity contribution is 0.0596. The van der Waals surface area contributed by atoms with Crippen molar-refractivity contribution >= 4 is 16.0 Å². The highest BCUT2D eigenvalue weighted by molar-refractivity contribution is 7.89. The smallest absolute Gasteiger partial charge is 0.339 e. The molecule has 0 aliphatic carbocycles. The number of aryl methyl sites for hydroxylation is 1. The predicted molar refractivity (Wildman–Crippen MR) is 75.0 cm³/mol. The molecule has 2 aromatic rings. The zero-order valence-electron chi connectivity index (χ0n) is 11.6. The van der Waals surface area contributed by atoms with Gasteiger partial charge in [-0.05, 0) is 18.2 Å². The Bertz CT molecular complexity index is 752. The highest BCUT2D eigenvalue weighted by Gasteiger charge is 2.22. The molecule has 0 radical (unpaired) electrons. The van der Waals surface area contributed by atoms with Crippen LogP contribution in [-0.4, -0.2) is 31.3 Å². The molecule has 0 fully saturated rings. The van der Waals surface area contributed by atoms with Crippen LogP contribution in [0.1, 0.15) is 16.1 Å². The molecule has 2 rings (SSSR count). The van der Waals surface area contributed by atoms with Gasteiger partial charge < -0.3 is 4.74 Å².